The van der Waals surface area contributed by atoms with E-state index in [2.05, 4.69) is 13.5 Å². The van der Waals surface area contributed by atoms with Gasteiger partial charge in [-0.05, 0) is 80.9 Å². The van der Waals surface area contributed by atoms with Crippen molar-refractivity contribution in [3.8, 4) is 0 Å². The van der Waals surface area contributed by atoms with Crippen molar-refractivity contribution in [2.24, 2.45) is 29.1 Å². The molecule has 202 valence electrons. The molecule has 0 saturated heterocycles. The summed E-state index contributed by atoms with van der Waals surface area (Å²) in [6, 6.07) is 0. The first kappa shape index (κ1) is 26.4. The number of ether oxygens (including phenoxy) is 2. The minimum absolute atomic E-state index is 0.193. The lowest BCUT2D eigenvalue weighted by molar-refractivity contribution is -0.157. The van der Waals surface area contributed by atoms with Crippen LogP contribution in [0.4, 0.5) is 0 Å². The number of allylic oxidation sites excluding steroid dienone is 1. The lowest BCUT2D eigenvalue weighted by Gasteiger charge is -2.52. The number of aliphatic hydroxyl groups is 3. The minimum Gasteiger partial charge on any atom is -0.458 e. The molecule has 37 heavy (non-hydrogen) atoms. The van der Waals surface area contributed by atoms with Gasteiger partial charge in [0.25, 0.3) is 0 Å². The summed E-state index contributed by atoms with van der Waals surface area (Å²) in [5, 5.41) is 35.6. The molecule has 9 atom stereocenters. The Kier molecular flexibility index (Phi) is 5.98. The van der Waals surface area contributed by atoms with Crippen LogP contribution in [0.5, 0.6) is 0 Å². The molecule has 2 fully saturated rings. The zero-order valence-electron chi connectivity index (χ0n) is 22.5. The Labute approximate surface area is 218 Å². The molecule has 3 aliphatic carbocycles. The SMILES string of the molecule is C=C1C2C[C@]3(O)C=C4C=CC(=O)OC(C)(C)C4[C@H](O)CC3[C@]2(C)CCC1(O)C(C)C1CC=C(C)C(=O)O1. The number of esters is 2. The van der Waals surface area contributed by atoms with Crippen molar-refractivity contribution in [3.63, 3.8) is 0 Å². The van der Waals surface area contributed by atoms with Crippen LogP contribution in [-0.4, -0.2) is 56.3 Å². The van der Waals surface area contributed by atoms with E-state index < -0.39 is 46.3 Å². The average molecular weight is 513 g/mol. The number of carbonyl (C=O) groups excluding carboxylic acids is 2. The van der Waals surface area contributed by atoms with Crippen LogP contribution >= 0.6 is 0 Å². The van der Waals surface area contributed by atoms with Gasteiger partial charge < -0.3 is 24.8 Å². The molecule has 0 amide bonds. The van der Waals surface area contributed by atoms with Crippen LogP contribution in [0, 0.1) is 29.1 Å². The van der Waals surface area contributed by atoms with Gasteiger partial charge in [-0.2, -0.15) is 0 Å². The van der Waals surface area contributed by atoms with Gasteiger partial charge in [0.1, 0.15) is 11.7 Å². The Morgan fingerprint density at radius 1 is 1.14 bits per heavy atom. The predicted molar refractivity (Wildman–Crippen MR) is 137 cm³/mol. The van der Waals surface area contributed by atoms with E-state index in [1.54, 1.807) is 26.8 Å². The lowest BCUT2D eigenvalue weighted by atomic mass is 9.55. The van der Waals surface area contributed by atoms with Gasteiger partial charge in [-0.3, -0.25) is 0 Å². The summed E-state index contributed by atoms with van der Waals surface area (Å²) in [5.74, 6) is -2.11. The number of rotatable bonds is 2. The average Bonchev–Trinajstić information content (AvgIpc) is 2.89. The first-order valence-corrected chi connectivity index (χ1v) is 13.5. The van der Waals surface area contributed by atoms with Crippen molar-refractivity contribution in [1.29, 1.82) is 0 Å². The van der Waals surface area contributed by atoms with Gasteiger partial charge in [-0.15, -0.1) is 0 Å². The quantitative estimate of drug-likeness (QED) is 0.383. The van der Waals surface area contributed by atoms with Crippen molar-refractivity contribution in [3.05, 3.63) is 47.6 Å². The molecule has 2 saturated carbocycles. The van der Waals surface area contributed by atoms with Crippen molar-refractivity contribution in [1.82, 2.24) is 0 Å². The molecule has 0 aromatic rings. The predicted octanol–water partition coefficient (Wildman–Crippen LogP) is 3.54. The molecule has 7 heteroatoms. The Morgan fingerprint density at radius 2 is 1.84 bits per heavy atom. The zero-order chi connectivity index (χ0) is 27.1. The smallest absolute Gasteiger partial charge is 0.333 e. The highest BCUT2D eigenvalue weighted by Gasteiger charge is 2.66. The van der Waals surface area contributed by atoms with E-state index >= 15 is 0 Å². The molecule has 6 unspecified atom stereocenters. The van der Waals surface area contributed by atoms with E-state index in [0.717, 1.165) is 0 Å². The third-order valence-electron chi connectivity index (χ3n) is 10.5. The van der Waals surface area contributed by atoms with Crippen molar-refractivity contribution >= 4 is 11.9 Å². The second-order valence-corrected chi connectivity index (χ2v) is 12.9. The van der Waals surface area contributed by atoms with Gasteiger partial charge in [0, 0.05) is 29.9 Å². The summed E-state index contributed by atoms with van der Waals surface area (Å²) in [5.41, 5.74) is -1.88. The normalized spacial score (nSPS) is 45.7. The number of carbonyl (C=O) groups is 2. The van der Waals surface area contributed by atoms with Crippen LogP contribution in [-0.2, 0) is 19.1 Å². The molecule has 3 N–H and O–H groups in total. The maximum atomic E-state index is 12.2. The van der Waals surface area contributed by atoms with Crippen LogP contribution in [0.1, 0.15) is 66.7 Å². The molecule has 7 nitrogen and oxygen atoms in total. The van der Waals surface area contributed by atoms with Crippen LogP contribution in [0.3, 0.4) is 0 Å². The summed E-state index contributed by atoms with van der Waals surface area (Å²) in [7, 11) is 0. The van der Waals surface area contributed by atoms with Crippen LogP contribution in [0.15, 0.2) is 47.6 Å². The topological polar surface area (TPSA) is 113 Å². The van der Waals surface area contributed by atoms with E-state index in [0.29, 0.717) is 48.8 Å². The molecule has 5 aliphatic rings. The highest BCUT2D eigenvalue weighted by molar-refractivity contribution is 5.88. The second kappa shape index (κ2) is 8.39. The van der Waals surface area contributed by atoms with Gasteiger partial charge in [-0.25, -0.2) is 9.59 Å². The molecule has 5 rings (SSSR count). The van der Waals surface area contributed by atoms with Crippen molar-refractivity contribution < 1.29 is 34.4 Å². The minimum atomic E-state index is -1.24. The van der Waals surface area contributed by atoms with E-state index in [-0.39, 0.29) is 23.7 Å². The van der Waals surface area contributed by atoms with E-state index in [9.17, 15) is 24.9 Å². The van der Waals surface area contributed by atoms with Crippen LogP contribution in [0.2, 0.25) is 0 Å². The molecule has 0 aromatic carbocycles. The lowest BCUT2D eigenvalue weighted by Crippen LogP contribution is -2.53. The number of aliphatic hydroxyl groups excluding tert-OH is 1. The van der Waals surface area contributed by atoms with E-state index in [1.807, 2.05) is 19.1 Å². The van der Waals surface area contributed by atoms with Gasteiger partial charge in [0.15, 0.2) is 0 Å². The van der Waals surface area contributed by atoms with Gasteiger partial charge in [0.05, 0.1) is 17.3 Å². The van der Waals surface area contributed by atoms with Gasteiger partial charge >= 0.3 is 11.9 Å². The summed E-state index contributed by atoms with van der Waals surface area (Å²) in [6.07, 6.45) is 7.75. The van der Waals surface area contributed by atoms with Crippen LogP contribution in [0.25, 0.3) is 0 Å². The van der Waals surface area contributed by atoms with Crippen LogP contribution < -0.4 is 0 Å². The first-order valence-electron chi connectivity index (χ1n) is 13.5. The number of hydrogen-bond donors (Lipinski definition) is 3. The highest BCUT2D eigenvalue weighted by atomic mass is 16.6. The largest absolute Gasteiger partial charge is 0.458 e. The molecule has 2 aliphatic heterocycles. The third kappa shape index (κ3) is 3.88. The highest BCUT2D eigenvalue weighted by Crippen LogP contribution is 2.66. The maximum absolute atomic E-state index is 12.2. The van der Waals surface area contributed by atoms with E-state index in [4.69, 9.17) is 9.47 Å². The summed E-state index contributed by atoms with van der Waals surface area (Å²) < 4.78 is 11.3. The molecular formula is C30H40O7. The van der Waals surface area contributed by atoms with Crippen molar-refractivity contribution in [2.45, 2.75) is 95.7 Å². The first-order chi connectivity index (χ1) is 17.1. The molecule has 0 bridgehead atoms. The Balaban J connectivity index is 1.49. The summed E-state index contributed by atoms with van der Waals surface area (Å²) >= 11 is 0. The zero-order valence-corrected chi connectivity index (χ0v) is 22.5. The number of fused-ring (bicyclic) bond motifs is 4. The standard InChI is InChI=1S/C30H40O7/c1-16-7-9-22(36-26(16)33)18(3)30(35)12-11-28(6)20(17(30)2)15-29(34)14-19-8-10-24(32)37-27(4,5)25(19)21(31)13-23(28)29/h7-8,10,14,18,20-23,25,31,34-35H,2,9,11-13,15H2,1,3-6H3/t18?,20?,21-,22?,23?,25?,28-,29-,30?/m1/s1. The summed E-state index contributed by atoms with van der Waals surface area (Å²) in [4.78, 5) is 24.4. The Bertz CT molecular complexity index is 1130. The van der Waals surface area contributed by atoms with Gasteiger partial charge in [0.2, 0.25) is 0 Å². The third-order valence-corrected chi connectivity index (χ3v) is 10.5. The van der Waals surface area contributed by atoms with Gasteiger partial charge in [-0.1, -0.05) is 32.6 Å². The second-order valence-electron chi connectivity index (χ2n) is 12.9. The molecule has 0 spiro atoms. The summed E-state index contributed by atoms with van der Waals surface area (Å²) in [6.45, 7) is 13.8. The number of cyclic esters (lactones) is 2. The molecule has 0 radical (unpaired) electrons. The fraction of sp³-hybridized carbons (Fsp3) is 0.667. The van der Waals surface area contributed by atoms with Crippen molar-refractivity contribution in [2.75, 3.05) is 0 Å². The maximum Gasteiger partial charge on any atom is 0.333 e. The molecular weight excluding hydrogens is 472 g/mol. The Morgan fingerprint density at radius 3 is 2.51 bits per heavy atom. The molecule has 0 aromatic heterocycles. The van der Waals surface area contributed by atoms with E-state index in [1.165, 1.54) is 6.08 Å². The fourth-order valence-corrected chi connectivity index (χ4v) is 8.25. The molecule has 2 heterocycles. The monoisotopic (exact) mass is 512 g/mol. The number of hydrogen-bond acceptors (Lipinski definition) is 7. The Hall–Kier alpha value is -2.22. The fourth-order valence-electron chi connectivity index (χ4n) is 8.25.